The molecule has 0 saturated carbocycles. The van der Waals surface area contributed by atoms with Gasteiger partial charge in [-0.2, -0.15) is 0 Å². The van der Waals surface area contributed by atoms with Gasteiger partial charge in [0.15, 0.2) is 0 Å². The molecule has 1 aliphatic heterocycles. The number of hydrogen-bond donors (Lipinski definition) is 0. The predicted molar refractivity (Wildman–Crippen MR) is 150 cm³/mol. The zero-order valence-electron chi connectivity index (χ0n) is 22.1. The third-order valence-electron chi connectivity index (χ3n) is 7.09. The Balaban J connectivity index is 1.54. The molecule has 0 bridgehead atoms. The van der Waals surface area contributed by atoms with Crippen molar-refractivity contribution in [1.82, 2.24) is 9.47 Å². The molecule has 1 aromatic heterocycles. The quantitative estimate of drug-likeness (QED) is 0.286. The summed E-state index contributed by atoms with van der Waals surface area (Å²) in [5.74, 6) is 0.317. The van der Waals surface area contributed by atoms with Crippen molar-refractivity contribution in [2.45, 2.75) is 32.7 Å². The Morgan fingerprint density at radius 1 is 0.921 bits per heavy atom. The molecule has 0 aliphatic carbocycles. The lowest BCUT2D eigenvalue weighted by Crippen LogP contribution is -2.47. The highest BCUT2D eigenvalue weighted by molar-refractivity contribution is 6.02. The van der Waals surface area contributed by atoms with Crippen molar-refractivity contribution in [3.05, 3.63) is 114 Å². The second-order valence-electron chi connectivity index (χ2n) is 9.68. The maximum absolute atomic E-state index is 14.3. The van der Waals surface area contributed by atoms with Crippen LogP contribution in [0.5, 0.6) is 5.75 Å². The summed E-state index contributed by atoms with van der Waals surface area (Å²) in [7, 11) is 1.58. The lowest BCUT2D eigenvalue weighted by Gasteiger charge is -2.39. The van der Waals surface area contributed by atoms with Crippen LogP contribution in [-0.4, -0.2) is 41.5 Å². The fourth-order valence-corrected chi connectivity index (χ4v) is 5.11. The number of carbonyl (C=O) groups excluding carboxylic acids is 2. The van der Waals surface area contributed by atoms with Crippen molar-refractivity contribution in [2.75, 3.05) is 25.1 Å². The molecule has 1 atom stereocenters. The van der Waals surface area contributed by atoms with Crippen LogP contribution in [0.15, 0.2) is 91.1 Å². The average molecular weight is 508 g/mol. The molecule has 0 radical (unpaired) electrons. The first-order valence-corrected chi connectivity index (χ1v) is 13.1. The van der Waals surface area contributed by atoms with Crippen LogP contribution in [-0.2, 0) is 4.79 Å². The van der Waals surface area contributed by atoms with Gasteiger partial charge < -0.3 is 14.2 Å². The van der Waals surface area contributed by atoms with Crippen molar-refractivity contribution in [3.8, 4) is 11.4 Å². The van der Waals surface area contributed by atoms with E-state index in [-0.39, 0.29) is 24.4 Å². The van der Waals surface area contributed by atoms with Crippen LogP contribution in [0.1, 0.15) is 53.0 Å². The van der Waals surface area contributed by atoms with Crippen LogP contribution < -0.4 is 9.64 Å². The Labute approximate surface area is 224 Å². The number of aryl methyl sites for hydroxylation is 1. The Hall–Kier alpha value is -4.32. The molecule has 2 heterocycles. The number of rotatable bonds is 8. The molecule has 5 rings (SSSR count). The molecule has 6 heteroatoms. The second kappa shape index (κ2) is 11.0. The van der Waals surface area contributed by atoms with Crippen LogP contribution >= 0.6 is 0 Å². The van der Waals surface area contributed by atoms with Gasteiger partial charge in [0, 0.05) is 18.3 Å². The van der Waals surface area contributed by atoms with E-state index in [9.17, 15) is 9.59 Å². The number of benzene rings is 3. The summed E-state index contributed by atoms with van der Waals surface area (Å²) in [5.41, 5.74) is 5.49. The van der Waals surface area contributed by atoms with Gasteiger partial charge in [-0.25, -0.2) is 0 Å². The lowest BCUT2D eigenvalue weighted by atomic mass is 9.97. The summed E-state index contributed by atoms with van der Waals surface area (Å²) in [5, 5.41) is 0. The summed E-state index contributed by atoms with van der Waals surface area (Å²) in [6.07, 6.45) is 3.77. The zero-order chi connectivity index (χ0) is 26.6. The molecule has 0 saturated heterocycles. The SMILES string of the molecule is CCCCN(CC(=O)N1c2ccccc2-n2cccc2[C@H]1c1ccc(C)cc1)C(=O)c1cccc(OC)c1. The number of fused-ring (bicyclic) bond motifs is 3. The minimum atomic E-state index is -0.312. The van der Waals surface area contributed by atoms with Gasteiger partial charge in [-0.1, -0.05) is 61.4 Å². The van der Waals surface area contributed by atoms with Crippen molar-refractivity contribution < 1.29 is 14.3 Å². The van der Waals surface area contributed by atoms with E-state index >= 15 is 0 Å². The van der Waals surface area contributed by atoms with Gasteiger partial charge in [-0.05, 0) is 61.4 Å². The number of para-hydroxylation sites is 2. The van der Waals surface area contributed by atoms with Crippen LogP contribution in [0.2, 0.25) is 0 Å². The van der Waals surface area contributed by atoms with Crippen molar-refractivity contribution in [3.63, 3.8) is 0 Å². The molecule has 4 aromatic rings. The lowest BCUT2D eigenvalue weighted by molar-refractivity contribution is -0.119. The van der Waals surface area contributed by atoms with E-state index in [1.54, 1.807) is 30.2 Å². The fourth-order valence-electron chi connectivity index (χ4n) is 5.11. The Morgan fingerprint density at radius 3 is 2.42 bits per heavy atom. The number of hydrogen-bond acceptors (Lipinski definition) is 3. The minimum absolute atomic E-state index is 0.0204. The van der Waals surface area contributed by atoms with E-state index in [0.29, 0.717) is 17.9 Å². The molecule has 194 valence electrons. The highest BCUT2D eigenvalue weighted by Crippen LogP contribution is 2.42. The summed E-state index contributed by atoms with van der Waals surface area (Å²) >= 11 is 0. The molecular formula is C32H33N3O3. The summed E-state index contributed by atoms with van der Waals surface area (Å²) in [6.45, 7) is 4.62. The molecule has 38 heavy (non-hydrogen) atoms. The molecule has 1 aliphatic rings. The summed E-state index contributed by atoms with van der Waals surface area (Å²) in [4.78, 5) is 31.4. The number of amides is 2. The molecule has 0 unspecified atom stereocenters. The van der Waals surface area contributed by atoms with E-state index in [1.807, 2.05) is 47.5 Å². The molecule has 2 amide bonds. The molecule has 0 fully saturated rings. The van der Waals surface area contributed by atoms with E-state index in [4.69, 9.17) is 4.74 Å². The standard InChI is InChI=1S/C32H33N3O3/c1-4-5-19-33(32(37)25-10-8-11-26(21-25)38-3)22-30(36)35-28-13-7-6-12-27(28)34-20-9-14-29(34)31(35)24-17-15-23(2)16-18-24/h6-18,20-21,31H,4-5,19,22H2,1-3H3/t31-/m1/s1. The number of aromatic nitrogens is 1. The van der Waals surface area contributed by atoms with Crippen molar-refractivity contribution >= 4 is 17.5 Å². The first-order chi connectivity index (χ1) is 18.5. The number of ether oxygens (including phenoxy) is 1. The van der Waals surface area contributed by atoms with E-state index in [2.05, 4.69) is 48.7 Å². The number of anilines is 1. The van der Waals surface area contributed by atoms with Crippen LogP contribution in [0.3, 0.4) is 0 Å². The third kappa shape index (κ3) is 4.82. The predicted octanol–water partition coefficient (Wildman–Crippen LogP) is 6.17. The van der Waals surface area contributed by atoms with Gasteiger partial charge in [0.05, 0.1) is 24.2 Å². The number of methoxy groups -OCH3 is 1. The smallest absolute Gasteiger partial charge is 0.254 e. The highest BCUT2D eigenvalue weighted by atomic mass is 16.5. The van der Waals surface area contributed by atoms with Crippen LogP contribution in [0.4, 0.5) is 5.69 Å². The van der Waals surface area contributed by atoms with Gasteiger partial charge in [0.25, 0.3) is 5.91 Å². The molecule has 6 nitrogen and oxygen atoms in total. The first-order valence-electron chi connectivity index (χ1n) is 13.1. The molecule has 0 N–H and O–H groups in total. The van der Waals surface area contributed by atoms with Crippen molar-refractivity contribution in [1.29, 1.82) is 0 Å². The maximum atomic E-state index is 14.3. The number of unbranched alkanes of at least 4 members (excludes halogenated alkanes) is 1. The molecule has 0 spiro atoms. The number of carbonyl (C=O) groups is 2. The largest absolute Gasteiger partial charge is 0.497 e. The summed E-state index contributed by atoms with van der Waals surface area (Å²) < 4.78 is 7.48. The van der Waals surface area contributed by atoms with Crippen molar-refractivity contribution in [2.24, 2.45) is 0 Å². The normalized spacial score (nSPS) is 14.0. The highest BCUT2D eigenvalue weighted by Gasteiger charge is 2.37. The Kier molecular flexibility index (Phi) is 7.31. The zero-order valence-corrected chi connectivity index (χ0v) is 22.1. The Bertz CT molecular complexity index is 1440. The van der Waals surface area contributed by atoms with E-state index in [0.717, 1.165) is 41.0 Å². The summed E-state index contributed by atoms with van der Waals surface area (Å²) in [6, 6.07) is 27.1. The first kappa shape index (κ1) is 25.3. The minimum Gasteiger partial charge on any atom is -0.497 e. The third-order valence-corrected chi connectivity index (χ3v) is 7.09. The van der Waals surface area contributed by atoms with E-state index < -0.39 is 0 Å². The van der Waals surface area contributed by atoms with Gasteiger partial charge >= 0.3 is 0 Å². The van der Waals surface area contributed by atoms with Gasteiger partial charge in [-0.3, -0.25) is 14.5 Å². The maximum Gasteiger partial charge on any atom is 0.254 e. The van der Waals surface area contributed by atoms with Crippen LogP contribution in [0.25, 0.3) is 5.69 Å². The number of nitrogens with zero attached hydrogens (tertiary/aromatic N) is 3. The van der Waals surface area contributed by atoms with Gasteiger partial charge in [-0.15, -0.1) is 0 Å². The topological polar surface area (TPSA) is 54.8 Å². The second-order valence-corrected chi connectivity index (χ2v) is 9.68. The van der Waals surface area contributed by atoms with Crippen LogP contribution in [0, 0.1) is 6.92 Å². The fraction of sp³-hybridized carbons (Fsp3) is 0.250. The molecular weight excluding hydrogens is 474 g/mol. The van der Waals surface area contributed by atoms with Gasteiger partial charge in [0.2, 0.25) is 5.91 Å². The van der Waals surface area contributed by atoms with Gasteiger partial charge in [0.1, 0.15) is 18.3 Å². The molecule has 3 aromatic carbocycles. The van der Waals surface area contributed by atoms with E-state index in [1.165, 1.54) is 0 Å². The average Bonchev–Trinajstić information content (AvgIpc) is 3.45. The Morgan fingerprint density at radius 2 is 1.68 bits per heavy atom. The monoisotopic (exact) mass is 507 g/mol.